The molecule has 3 aromatic rings. The fourth-order valence-electron chi connectivity index (χ4n) is 2.84. The van der Waals surface area contributed by atoms with Crippen LogP contribution in [0, 0.1) is 0 Å². The summed E-state index contributed by atoms with van der Waals surface area (Å²) in [5, 5.41) is 0. The Kier molecular flexibility index (Phi) is 3.94. The summed E-state index contributed by atoms with van der Waals surface area (Å²) < 4.78 is 13.4. The SMILES string of the molecule is c1cc(-c2cnc3cncn3c2)ccc1OC[C@H]1CCCCO1. The first-order chi connectivity index (χ1) is 11.4. The Labute approximate surface area is 134 Å². The lowest BCUT2D eigenvalue weighted by Crippen LogP contribution is -2.25. The monoisotopic (exact) mass is 309 g/mol. The van der Waals surface area contributed by atoms with Crippen molar-refractivity contribution in [2.75, 3.05) is 13.2 Å². The van der Waals surface area contributed by atoms with Gasteiger partial charge in [-0.1, -0.05) is 12.1 Å². The topological polar surface area (TPSA) is 48.7 Å². The minimum Gasteiger partial charge on any atom is -0.491 e. The third-order valence-electron chi connectivity index (χ3n) is 4.16. The van der Waals surface area contributed by atoms with Crippen molar-refractivity contribution in [1.29, 1.82) is 0 Å². The third-order valence-corrected chi connectivity index (χ3v) is 4.16. The van der Waals surface area contributed by atoms with Gasteiger partial charge in [0.1, 0.15) is 18.7 Å². The first kappa shape index (κ1) is 14.2. The number of imidazole rings is 1. The number of ether oxygens (including phenoxy) is 2. The van der Waals surface area contributed by atoms with Crippen LogP contribution in [-0.4, -0.2) is 33.7 Å². The maximum atomic E-state index is 5.84. The van der Waals surface area contributed by atoms with Crippen molar-refractivity contribution >= 4 is 5.65 Å². The molecule has 5 heteroatoms. The van der Waals surface area contributed by atoms with Crippen LogP contribution in [-0.2, 0) is 4.74 Å². The number of hydrogen-bond acceptors (Lipinski definition) is 4. The van der Waals surface area contributed by atoms with Crippen LogP contribution in [0.3, 0.4) is 0 Å². The van der Waals surface area contributed by atoms with Crippen molar-refractivity contribution in [2.45, 2.75) is 25.4 Å². The number of aromatic nitrogens is 3. The van der Waals surface area contributed by atoms with Crippen molar-refractivity contribution in [1.82, 2.24) is 14.4 Å². The molecule has 0 spiro atoms. The highest BCUT2D eigenvalue weighted by molar-refractivity contribution is 5.63. The van der Waals surface area contributed by atoms with Crippen LogP contribution >= 0.6 is 0 Å². The average molecular weight is 309 g/mol. The molecule has 0 bridgehead atoms. The Bertz CT molecular complexity index is 776. The summed E-state index contributed by atoms with van der Waals surface area (Å²) in [6.07, 6.45) is 11.1. The van der Waals surface area contributed by atoms with Crippen LogP contribution in [0.2, 0.25) is 0 Å². The second-order valence-corrected chi connectivity index (χ2v) is 5.83. The molecule has 0 aliphatic carbocycles. The van der Waals surface area contributed by atoms with Crippen molar-refractivity contribution in [3.8, 4) is 16.9 Å². The second kappa shape index (κ2) is 6.38. The highest BCUT2D eigenvalue weighted by Gasteiger charge is 2.14. The van der Waals surface area contributed by atoms with Crippen LogP contribution in [0.1, 0.15) is 19.3 Å². The van der Waals surface area contributed by atoms with E-state index in [-0.39, 0.29) is 6.10 Å². The van der Waals surface area contributed by atoms with Gasteiger partial charge in [-0.2, -0.15) is 0 Å². The van der Waals surface area contributed by atoms with Gasteiger partial charge < -0.3 is 9.47 Å². The van der Waals surface area contributed by atoms with Crippen LogP contribution in [0.5, 0.6) is 5.75 Å². The van der Waals surface area contributed by atoms with Gasteiger partial charge in [0, 0.05) is 24.6 Å². The Hall–Kier alpha value is -2.40. The maximum Gasteiger partial charge on any atom is 0.156 e. The Morgan fingerprint density at radius 2 is 2.04 bits per heavy atom. The molecule has 23 heavy (non-hydrogen) atoms. The molecule has 3 heterocycles. The molecule has 0 N–H and O–H groups in total. The number of benzene rings is 1. The molecule has 1 aliphatic heterocycles. The molecule has 1 aromatic carbocycles. The molecule has 118 valence electrons. The highest BCUT2D eigenvalue weighted by atomic mass is 16.5. The molecule has 1 aliphatic rings. The molecule has 5 nitrogen and oxygen atoms in total. The fraction of sp³-hybridized carbons (Fsp3) is 0.333. The van der Waals surface area contributed by atoms with Gasteiger partial charge >= 0.3 is 0 Å². The number of nitrogens with zero attached hydrogens (tertiary/aromatic N) is 3. The highest BCUT2D eigenvalue weighted by Crippen LogP contribution is 2.23. The molecule has 1 fully saturated rings. The molecule has 4 rings (SSSR count). The zero-order valence-corrected chi connectivity index (χ0v) is 12.9. The van der Waals surface area contributed by atoms with E-state index < -0.39 is 0 Å². The summed E-state index contributed by atoms with van der Waals surface area (Å²) in [5.74, 6) is 0.875. The van der Waals surface area contributed by atoms with E-state index in [2.05, 4.69) is 22.1 Å². The van der Waals surface area contributed by atoms with E-state index >= 15 is 0 Å². The molecule has 1 saturated heterocycles. The molecular weight excluding hydrogens is 290 g/mol. The van der Waals surface area contributed by atoms with E-state index in [9.17, 15) is 0 Å². The van der Waals surface area contributed by atoms with Gasteiger partial charge in [0.05, 0.1) is 12.3 Å². The summed E-state index contributed by atoms with van der Waals surface area (Å²) in [4.78, 5) is 8.48. The van der Waals surface area contributed by atoms with Crippen molar-refractivity contribution in [3.05, 3.63) is 49.2 Å². The Morgan fingerprint density at radius 1 is 1.13 bits per heavy atom. The minimum atomic E-state index is 0.233. The Balaban J connectivity index is 1.44. The maximum absolute atomic E-state index is 5.84. The van der Waals surface area contributed by atoms with Gasteiger partial charge in [-0.3, -0.25) is 4.40 Å². The van der Waals surface area contributed by atoms with Gasteiger partial charge in [0.25, 0.3) is 0 Å². The standard InChI is InChI=1S/C18H19N3O2/c1-2-8-22-17(3-1)12-23-16-6-4-14(5-7-16)15-9-20-18-10-19-13-21(18)11-15/h4-7,9-11,13,17H,1-3,8,12H2/t17-/m1/s1. The summed E-state index contributed by atoms with van der Waals surface area (Å²) in [7, 11) is 0. The normalized spacial score (nSPS) is 18.2. The van der Waals surface area contributed by atoms with E-state index in [1.165, 1.54) is 12.8 Å². The lowest BCUT2D eigenvalue weighted by Gasteiger charge is -2.22. The molecule has 0 saturated carbocycles. The molecule has 0 radical (unpaired) electrons. The largest absolute Gasteiger partial charge is 0.491 e. The lowest BCUT2D eigenvalue weighted by atomic mass is 10.1. The summed E-state index contributed by atoms with van der Waals surface area (Å²) in [5.41, 5.74) is 3.01. The molecule has 0 unspecified atom stereocenters. The summed E-state index contributed by atoms with van der Waals surface area (Å²) in [6, 6.07) is 8.10. The second-order valence-electron chi connectivity index (χ2n) is 5.83. The quantitative estimate of drug-likeness (QED) is 0.741. The van der Waals surface area contributed by atoms with Crippen molar-refractivity contribution < 1.29 is 9.47 Å². The predicted octanol–water partition coefficient (Wildman–Crippen LogP) is 3.34. The zero-order valence-electron chi connectivity index (χ0n) is 12.9. The van der Waals surface area contributed by atoms with Crippen LogP contribution in [0.15, 0.2) is 49.2 Å². The van der Waals surface area contributed by atoms with E-state index in [1.807, 2.05) is 28.9 Å². The van der Waals surface area contributed by atoms with E-state index in [4.69, 9.17) is 9.47 Å². The van der Waals surface area contributed by atoms with Crippen molar-refractivity contribution in [2.24, 2.45) is 0 Å². The van der Waals surface area contributed by atoms with Crippen LogP contribution in [0.4, 0.5) is 0 Å². The predicted molar refractivity (Wildman–Crippen MR) is 87.5 cm³/mol. The number of rotatable bonds is 4. The van der Waals surface area contributed by atoms with Gasteiger partial charge in [-0.05, 0) is 37.0 Å². The Morgan fingerprint density at radius 3 is 2.87 bits per heavy atom. The molecule has 1 atom stereocenters. The first-order valence-corrected chi connectivity index (χ1v) is 8.01. The average Bonchev–Trinajstić information content (AvgIpc) is 3.09. The van der Waals surface area contributed by atoms with E-state index in [0.29, 0.717) is 6.61 Å². The van der Waals surface area contributed by atoms with Gasteiger partial charge in [-0.15, -0.1) is 0 Å². The smallest absolute Gasteiger partial charge is 0.156 e. The van der Waals surface area contributed by atoms with Gasteiger partial charge in [-0.25, -0.2) is 9.97 Å². The number of fused-ring (bicyclic) bond motifs is 1. The zero-order chi connectivity index (χ0) is 15.5. The molecule has 0 amide bonds. The van der Waals surface area contributed by atoms with Crippen LogP contribution in [0.25, 0.3) is 16.8 Å². The summed E-state index contributed by atoms with van der Waals surface area (Å²) in [6.45, 7) is 1.48. The van der Waals surface area contributed by atoms with Crippen molar-refractivity contribution in [3.63, 3.8) is 0 Å². The van der Waals surface area contributed by atoms with E-state index in [0.717, 1.165) is 35.6 Å². The van der Waals surface area contributed by atoms with Gasteiger partial charge in [0.15, 0.2) is 5.65 Å². The minimum absolute atomic E-state index is 0.233. The number of hydrogen-bond donors (Lipinski definition) is 0. The summed E-state index contributed by atoms with van der Waals surface area (Å²) >= 11 is 0. The molecular formula is C18H19N3O2. The fourth-order valence-corrected chi connectivity index (χ4v) is 2.84. The van der Waals surface area contributed by atoms with E-state index in [1.54, 1.807) is 12.5 Å². The van der Waals surface area contributed by atoms with Gasteiger partial charge in [0.2, 0.25) is 0 Å². The molecule has 2 aromatic heterocycles. The van der Waals surface area contributed by atoms with Crippen LogP contribution < -0.4 is 4.74 Å². The first-order valence-electron chi connectivity index (χ1n) is 8.01. The lowest BCUT2D eigenvalue weighted by molar-refractivity contribution is -0.0110. The third kappa shape index (κ3) is 3.19.